The number of nitrogens with two attached hydrogens (primary N) is 2. The van der Waals surface area contributed by atoms with Crippen molar-refractivity contribution in [3.05, 3.63) is 22.7 Å². The smallest absolute Gasteiger partial charge is 0.255 e. The predicted octanol–water partition coefficient (Wildman–Crippen LogP) is 0.886. The second-order valence-electron chi connectivity index (χ2n) is 6.36. The summed E-state index contributed by atoms with van der Waals surface area (Å²) in [5.74, 6) is 0.247. The first-order chi connectivity index (χ1) is 12.9. The zero-order chi connectivity index (χ0) is 20.0. The molecule has 1 aromatic rings. The van der Waals surface area contributed by atoms with Crippen molar-refractivity contribution in [1.82, 2.24) is 10.2 Å². The second-order valence-corrected chi connectivity index (χ2v) is 6.77. The first kappa shape index (κ1) is 21.1. The molecule has 1 aliphatic heterocycles. The Labute approximate surface area is 163 Å². The molecule has 2 atom stereocenters. The number of oxime groups is 1. The molecule has 0 saturated carbocycles. The maximum Gasteiger partial charge on any atom is 0.255 e. The van der Waals surface area contributed by atoms with Crippen molar-refractivity contribution in [1.29, 1.82) is 0 Å². The van der Waals surface area contributed by atoms with E-state index in [0.29, 0.717) is 48.0 Å². The molecule has 2 rings (SSSR count). The number of anilines is 1. The summed E-state index contributed by atoms with van der Waals surface area (Å²) in [6.07, 6.45) is 0.974. The Morgan fingerprint density at radius 1 is 1.48 bits per heavy atom. The van der Waals surface area contributed by atoms with Gasteiger partial charge in [0.25, 0.3) is 5.91 Å². The van der Waals surface area contributed by atoms with E-state index in [4.69, 9.17) is 37.7 Å². The summed E-state index contributed by atoms with van der Waals surface area (Å²) in [5.41, 5.74) is 12.0. The minimum absolute atomic E-state index is 0.163. The summed E-state index contributed by atoms with van der Waals surface area (Å²) in [6, 6.07) is 2.86. The van der Waals surface area contributed by atoms with Gasteiger partial charge in [-0.15, -0.1) is 0 Å². The Morgan fingerprint density at radius 2 is 2.22 bits per heavy atom. The van der Waals surface area contributed by atoms with E-state index >= 15 is 0 Å². The fraction of sp³-hybridized carbons (Fsp3) is 0.529. The third-order valence-corrected chi connectivity index (χ3v) is 4.97. The normalized spacial score (nSPS) is 21.1. The van der Waals surface area contributed by atoms with Gasteiger partial charge in [-0.1, -0.05) is 16.8 Å². The largest absolute Gasteiger partial charge is 0.496 e. The van der Waals surface area contributed by atoms with Crippen LogP contribution in [0.15, 0.2) is 17.3 Å². The number of amides is 1. The van der Waals surface area contributed by atoms with E-state index in [1.807, 2.05) is 0 Å². The number of benzene rings is 1. The van der Waals surface area contributed by atoms with E-state index in [2.05, 4.69) is 15.4 Å². The maximum absolute atomic E-state index is 12.7. The number of amidine groups is 1. The molecule has 1 aliphatic rings. The van der Waals surface area contributed by atoms with Crippen molar-refractivity contribution in [2.24, 2.45) is 10.9 Å². The van der Waals surface area contributed by atoms with Crippen LogP contribution in [-0.4, -0.2) is 67.8 Å². The van der Waals surface area contributed by atoms with Crippen LogP contribution in [-0.2, 0) is 4.74 Å². The van der Waals surface area contributed by atoms with Gasteiger partial charge in [0.15, 0.2) is 0 Å². The summed E-state index contributed by atoms with van der Waals surface area (Å²) < 4.78 is 10.8. The quantitative estimate of drug-likeness (QED) is 0.176. The molecule has 27 heavy (non-hydrogen) atoms. The molecule has 1 saturated heterocycles. The van der Waals surface area contributed by atoms with Crippen molar-refractivity contribution >= 4 is 29.0 Å². The fourth-order valence-corrected chi connectivity index (χ4v) is 3.24. The molecule has 1 amide bonds. The highest BCUT2D eigenvalue weighted by atomic mass is 35.5. The molecule has 150 valence electrons. The molecule has 0 aromatic heterocycles. The summed E-state index contributed by atoms with van der Waals surface area (Å²) in [6.45, 7) is 2.03. The molecule has 0 aliphatic carbocycles. The number of hydrogen-bond donors (Lipinski definition) is 4. The summed E-state index contributed by atoms with van der Waals surface area (Å²) in [4.78, 5) is 14.9. The molecular weight excluding hydrogens is 374 g/mol. The van der Waals surface area contributed by atoms with E-state index in [-0.39, 0.29) is 23.9 Å². The van der Waals surface area contributed by atoms with E-state index in [9.17, 15) is 4.79 Å². The molecule has 0 unspecified atom stereocenters. The van der Waals surface area contributed by atoms with Gasteiger partial charge in [-0.3, -0.25) is 4.79 Å². The lowest BCUT2D eigenvalue weighted by molar-refractivity contribution is 0.00717. The molecule has 0 bridgehead atoms. The van der Waals surface area contributed by atoms with Crippen LogP contribution in [0.25, 0.3) is 0 Å². The van der Waals surface area contributed by atoms with Gasteiger partial charge in [-0.25, -0.2) is 0 Å². The lowest BCUT2D eigenvalue weighted by atomic mass is 10.0. The van der Waals surface area contributed by atoms with Crippen LogP contribution < -0.4 is 21.5 Å². The van der Waals surface area contributed by atoms with Gasteiger partial charge < -0.3 is 36.4 Å². The highest BCUT2D eigenvalue weighted by Gasteiger charge is 2.31. The first-order valence-electron chi connectivity index (χ1n) is 8.55. The minimum Gasteiger partial charge on any atom is -0.496 e. The Bertz CT molecular complexity index is 700. The van der Waals surface area contributed by atoms with E-state index in [1.54, 1.807) is 7.11 Å². The van der Waals surface area contributed by atoms with Crippen molar-refractivity contribution in [3.63, 3.8) is 0 Å². The maximum atomic E-state index is 12.7. The Balaban J connectivity index is 2.03. The molecule has 10 heteroatoms. The Morgan fingerprint density at radius 3 is 2.85 bits per heavy atom. The van der Waals surface area contributed by atoms with Crippen molar-refractivity contribution in [3.8, 4) is 5.75 Å². The zero-order valence-corrected chi connectivity index (χ0v) is 16.2. The topological polar surface area (TPSA) is 135 Å². The average molecular weight is 400 g/mol. The predicted molar refractivity (Wildman–Crippen MR) is 104 cm³/mol. The second kappa shape index (κ2) is 9.63. The lowest BCUT2D eigenvalue weighted by Gasteiger charge is -2.38. The van der Waals surface area contributed by atoms with Gasteiger partial charge in [0.2, 0.25) is 0 Å². The van der Waals surface area contributed by atoms with Crippen LogP contribution in [0.5, 0.6) is 5.75 Å². The number of halogens is 1. The van der Waals surface area contributed by atoms with Gasteiger partial charge in [-0.05, 0) is 12.5 Å². The van der Waals surface area contributed by atoms with E-state index in [1.165, 1.54) is 19.2 Å². The van der Waals surface area contributed by atoms with Gasteiger partial charge in [0.05, 0.1) is 35.5 Å². The van der Waals surface area contributed by atoms with Gasteiger partial charge in [-0.2, -0.15) is 0 Å². The Kier molecular flexibility index (Phi) is 7.52. The standard InChI is InChI=1S/C17H26ClN5O4/c1-26-14-8-12(19)11(18)7-10(14)17(24)21-13-3-5-23(9-15(13)27-2)6-4-16(20)22-25/h7-8,13,15,25H,3-6,9,19H2,1-2H3,(H2,20,22)(H,21,24)/t13-,15+/m0/s1. The molecule has 9 nitrogen and oxygen atoms in total. The van der Waals surface area contributed by atoms with E-state index in [0.717, 1.165) is 6.54 Å². The van der Waals surface area contributed by atoms with Crippen LogP contribution in [0.1, 0.15) is 23.2 Å². The number of likely N-dealkylation sites (tertiary alicyclic amines) is 1. The number of ether oxygens (including phenoxy) is 2. The first-order valence-corrected chi connectivity index (χ1v) is 8.92. The van der Waals surface area contributed by atoms with Crippen LogP contribution in [0, 0.1) is 0 Å². The molecule has 1 heterocycles. The van der Waals surface area contributed by atoms with Crippen LogP contribution in [0.4, 0.5) is 5.69 Å². The van der Waals surface area contributed by atoms with Gasteiger partial charge in [0.1, 0.15) is 11.6 Å². The molecule has 1 fully saturated rings. The average Bonchev–Trinajstić information content (AvgIpc) is 2.68. The van der Waals surface area contributed by atoms with Crippen molar-refractivity contribution in [2.45, 2.75) is 25.0 Å². The number of methoxy groups -OCH3 is 2. The van der Waals surface area contributed by atoms with Crippen LogP contribution in [0.2, 0.25) is 5.02 Å². The number of nitrogens with one attached hydrogen (secondary N) is 1. The number of nitrogen functional groups attached to an aromatic ring is 1. The summed E-state index contributed by atoms with van der Waals surface area (Å²) in [7, 11) is 3.08. The number of rotatable bonds is 7. The lowest BCUT2D eigenvalue weighted by Crippen LogP contribution is -2.55. The fourth-order valence-electron chi connectivity index (χ4n) is 3.07. The van der Waals surface area contributed by atoms with Crippen LogP contribution >= 0.6 is 11.6 Å². The highest BCUT2D eigenvalue weighted by Crippen LogP contribution is 2.29. The molecule has 6 N–H and O–H groups in total. The molecule has 0 radical (unpaired) electrons. The minimum atomic E-state index is -0.300. The van der Waals surface area contributed by atoms with E-state index < -0.39 is 0 Å². The SMILES string of the molecule is COc1cc(N)c(Cl)cc1C(=O)N[C@H]1CCN(CCC(N)=NO)C[C@H]1OC. The number of nitrogens with zero attached hydrogens (tertiary/aromatic N) is 2. The Hall–Kier alpha value is -2.23. The number of carbonyl (C=O) groups excluding carboxylic acids is 1. The van der Waals surface area contributed by atoms with Crippen molar-refractivity contribution < 1.29 is 19.5 Å². The summed E-state index contributed by atoms with van der Waals surface area (Å²) >= 11 is 6.05. The number of hydrogen-bond acceptors (Lipinski definition) is 7. The highest BCUT2D eigenvalue weighted by molar-refractivity contribution is 6.33. The number of piperidine rings is 1. The molecule has 1 aromatic carbocycles. The summed E-state index contributed by atoms with van der Waals surface area (Å²) in [5, 5.41) is 14.9. The van der Waals surface area contributed by atoms with Crippen molar-refractivity contribution in [2.75, 3.05) is 39.6 Å². The number of carbonyl (C=O) groups is 1. The molecule has 0 spiro atoms. The van der Waals surface area contributed by atoms with Gasteiger partial charge >= 0.3 is 0 Å². The monoisotopic (exact) mass is 399 g/mol. The third kappa shape index (κ3) is 5.38. The van der Waals surface area contributed by atoms with Gasteiger partial charge in [0, 0.05) is 39.2 Å². The third-order valence-electron chi connectivity index (χ3n) is 4.64. The zero-order valence-electron chi connectivity index (χ0n) is 15.4. The molecular formula is C17H26ClN5O4. The van der Waals surface area contributed by atoms with Crippen LogP contribution in [0.3, 0.4) is 0 Å².